The number of aromatic nitrogens is 2. The lowest BCUT2D eigenvalue weighted by Crippen LogP contribution is -2.26. The quantitative estimate of drug-likeness (QED) is 0.244. The molecule has 0 aliphatic rings. The Kier molecular flexibility index (Phi) is 6.59. The molecular formula is C21H17F3N4O2S. The number of carbonyl (C=O) groups is 1. The number of thioether (sulfide) groups is 1. The number of nitrogens with zero attached hydrogens (tertiary/aromatic N) is 2. The number of Topliss-reactive ketones (excluding diaryl/α,β-unsaturated/α-hetero) is 1. The lowest BCUT2D eigenvalue weighted by atomic mass is 10.1. The SMILES string of the molecule is CNc1nc(SCc2cccc(C(=O)C(F)(F)F)c2)n(-c2ccccc2)c(=O)c1C=N. The van der Waals surface area contributed by atoms with Gasteiger partial charge in [0, 0.05) is 24.6 Å². The molecule has 6 nitrogen and oxygen atoms in total. The smallest absolute Gasteiger partial charge is 0.372 e. The van der Waals surface area contributed by atoms with Crippen LogP contribution in [0.2, 0.25) is 0 Å². The molecular weight excluding hydrogens is 429 g/mol. The molecule has 31 heavy (non-hydrogen) atoms. The summed E-state index contributed by atoms with van der Waals surface area (Å²) in [7, 11) is 1.57. The van der Waals surface area contributed by atoms with E-state index in [9.17, 15) is 22.8 Å². The fourth-order valence-corrected chi connectivity index (χ4v) is 3.80. The molecule has 1 aromatic heterocycles. The molecule has 0 atom stereocenters. The fourth-order valence-electron chi connectivity index (χ4n) is 2.85. The molecule has 10 heteroatoms. The van der Waals surface area contributed by atoms with Crippen LogP contribution in [0, 0.1) is 5.41 Å². The van der Waals surface area contributed by atoms with Gasteiger partial charge in [0.1, 0.15) is 11.4 Å². The number of rotatable bonds is 7. The van der Waals surface area contributed by atoms with E-state index in [4.69, 9.17) is 5.41 Å². The summed E-state index contributed by atoms with van der Waals surface area (Å²) in [6.07, 6.45) is -4.04. The molecule has 0 saturated heterocycles. The van der Waals surface area contributed by atoms with Gasteiger partial charge < -0.3 is 10.7 Å². The highest BCUT2D eigenvalue weighted by Crippen LogP contribution is 2.27. The number of ketones is 1. The molecule has 2 aromatic carbocycles. The molecule has 1 heterocycles. The van der Waals surface area contributed by atoms with Crippen LogP contribution in [0.5, 0.6) is 0 Å². The molecule has 3 aromatic rings. The normalized spacial score (nSPS) is 11.2. The van der Waals surface area contributed by atoms with Gasteiger partial charge in [-0.2, -0.15) is 13.2 Å². The second kappa shape index (κ2) is 9.17. The summed E-state index contributed by atoms with van der Waals surface area (Å²) in [5, 5.41) is 10.6. The van der Waals surface area contributed by atoms with Crippen LogP contribution in [0.15, 0.2) is 64.5 Å². The first-order valence-corrected chi connectivity index (χ1v) is 9.98. The summed E-state index contributed by atoms with van der Waals surface area (Å²) >= 11 is 1.13. The van der Waals surface area contributed by atoms with Gasteiger partial charge >= 0.3 is 6.18 Å². The van der Waals surface area contributed by atoms with Crippen LogP contribution in [-0.2, 0) is 5.75 Å². The highest BCUT2D eigenvalue weighted by Gasteiger charge is 2.39. The summed E-state index contributed by atoms with van der Waals surface area (Å²) in [5.41, 5.74) is 0.178. The molecule has 0 fully saturated rings. The van der Waals surface area contributed by atoms with Gasteiger partial charge in [0.05, 0.1) is 5.69 Å². The number of carbonyl (C=O) groups excluding carboxylic acids is 1. The van der Waals surface area contributed by atoms with Gasteiger partial charge in [-0.05, 0) is 23.8 Å². The third kappa shape index (κ3) is 4.85. The molecule has 0 aliphatic carbocycles. The van der Waals surface area contributed by atoms with Crippen molar-refractivity contribution in [1.29, 1.82) is 5.41 Å². The van der Waals surface area contributed by atoms with E-state index in [1.165, 1.54) is 16.7 Å². The van der Waals surface area contributed by atoms with E-state index in [-0.39, 0.29) is 17.1 Å². The minimum Gasteiger partial charge on any atom is -0.372 e. The molecule has 2 N–H and O–H groups in total. The van der Waals surface area contributed by atoms with Crippen molar-refractivity contribution in [2.45, 2.75) is 17.1 Å². The summed E-state index contributed by atoms with van der Waals surface area (Å²) in [6, 6.07) is 14.0. The number of benzene rings is 2. The van der Waals surface area contributed by atoms with Gasteiger partial charge in [-0.25, -0.2) is 4.98 Å². The minimum atomic E-state index is -4.95. The maximum absolute atomic E-state index is 13.0. The maximum atomic E-state index is 13.0. The third-order valence-electron chi connectivity index (χ3n) is 4.30. The largest absolute Gasteiger partial charge is 0.454 e. The number of alkyl halides is 3. The first kappa shape index (κ1) is 22.3. The minimum absolute atomic E-state index is 0.0773. The van der Waals surface area contributed by atoms with Gasteiger partial charge in [-0.15, -0.1) is 0 Å². The molecule has 0 spiro atoms. The third-order valence-corrected chi connectivity index (χ3v) is 5.31. The topological polar surface area (TPSA) is 87.8 Å². The van der Waals surface area contributed by atoms with E-state index in [2.05, 4.69) is 10.3 Å². The van der Waals surface area contributed by atoms with Crippen LogP contribution in [0.1, 0.15) is 21.5 Å². The van der Waals surface area contributed by atoms with Crippen molar-refractivity contribution in [3.05, 3.63) is 81.6 Å². The van der Waals surface area contributed by atoms with Crippen LogP contribution in [0.25, 0.3) is 5.69 Å². The number of hydrogen-bond donors (Lipinski definition) is 2. The zero-order valence-electron chi connectivity index (χ0n) is 16.2. The van der Waals surface area contributed by atoms with Gasteiger partial charge in [-0.1, -0.05) is 48.2 Å². The Bertz CT molecular complexity index is 1180. The summed E-state index contributed by atoms with van der Waals surface area (Å²) < 4.78 is 39.5. The van der Waals surface area contributed by atoms with E-state index in [0.717, 1.165) is 24.0 Å². The first-order valence-electron chi connectivity index (χ1n) is 9.00. The standard InChI is InChI=1S/C21H17F3N4O2S/c1-26-18-16(11-25)19(30)28(15-8-3-2-4-9-15)20(27-18)31-12-13-6-5-7-14(10-13)17(29)21(22,23)24/h2-11,25-26H,12H2,1H3. The van der Waals surface area contributed by atoms with Crippen molar-refractivity contribution >= 4 is 29.6 Å². The molecule has 0 bridgehead atoms. The van der Waals surface area contributed by atoms with E-state index >= 15 is 0 Å². The Morgan fingerprint density at radius 2 is 1.90 bits per heavy atom. The molecule has 0 aliphatic heterocycles. The van der Waals surface area contributed by atoms with E-state index < -0.39 is 23.1 Å². The highest BCUT2D eigenvalue weighted by atomic mass is 32.2. The van der Waals surface area contributed by atoms with Crippen molar-refractivity contribution in [3.8, 4) is 5.69 Å². The van der Waals surface area contributed by atoms with Gasteiger partial charge in [-0.3, -0.25) is 14.2 Å². The van der Waals surface area contributed by atoms with E-state index in [1.54, 1.807) is 43.4 Å². The molecule has 0 unspecified atom stereocenters. The van der Waals surface area contributed by atoms with Crippen molar-refractivity contribution in [3.63, 3.8) is 0 Å². The van der Waals surface area contributed by atoms with Crippen LogP contribution in [0.4, 0.5) is 19.0 Å². The Labute approximate surface area is 179 Å². The average Bonchev–Trinajstić information content (AvgIpc) is 2.76. The lowest BCUT2D eigenvalue weighted by molar-refractivity contribution is -0.0885. The van der Waals surface area contributed by atoms with Gasteiger partial charge in [0.2, 0.25) is 0 Å². The van der Waals surface area contributed by atoms with Crippen LogP contribution in [0.3, 0.4) is 0 Å². The molecule has 3 rings (SSSR count). The van der Waals surface area contributed by atoms with Crippen molar-refractivity contribution in [2.24, 2.45) is 0 Å². The summed E-state index contributed by atoms with van der Waals surface area (Å²) in [6.45, 7) is 0. The second-order valence-electron chi connectivity index (χ2n) is 6.34. The van der Waals surface area contributed by atoms with Crippen molar-refractivity contribution in [1.82, 2.24) is 9.55 Å². The molecule has 160 valence electrons. The van der Waals surface area contributed by atoms with Gasteiger partial charge in [0.25, 0.3) is 11.3 Å². The Morgan fingerprint density at radius 1 is 1.19 bits per heavy atom. The van der Waals surface area contributed by atoms with Crippen LogP contribution < -0.4 is 10.9 Å². The van der Waals surface area contributed by atoms with Crippen molar-refractivity contribution < 1.29 is 18.0 Å². The number of hydrogen-bond acceptors (Lipinski definition) is 6. The zero-order chi connectivity index (χ0) is 22.6. The first-order chi connectivity index (χ1) is 14.8. The number of para-hydroxylation sites is 1. The summed E-state index contributed by atoms with van der Waals surface area (Å²) in [4.78, 5) is 29.0. The van der Waals surface area contributed by atoms with Crippen molar-refractivity contribution in [2.75, 3.05) is 12.4 Å². The fraction of sp³-hybridized carbons (Fsp3) is 0.143. The monoisotopic (exact) mass is 446 g/mol. The number of nitrogens with one attached hydrogen (secondary N) is 2. The van der Waals surface area contributed by atoms with Crippen LogP contribution in [-0.4, -0.2) is 34.8 Å². The zero-order valence-corrected chi connectivity index (χ0v) is 17.1. The number of anilines is 1. The Hall–Kier alpha value is -3.40. The predicted molar refractivity (Wildman–Crippen MR) is 114 cm³/mol. The Balaban J connectivity index is 2.01. The predicted octanol–water partition coefficient (Wildman–Crippen LogP) is 4.31. The van der Waals surface area contributed by atoms with E-state index in [0.29, 0.717) is 16.4 Å². The van der Waals surface area contributed by atoms with Gasteiger partial charge in [0.15, 0.2) is 5.16 Å². The lowest BCUT2D eigenvalue weighted by Gasteiger charge is -2.15. The molecule has 0 radical (unpaired) electrons. The average molecular weight is 446 g/mol. The second-order valence-corrected chi connectivity index (χ2v) is 7.29. The molecule has 0 amide bonds. The summed E-state index contributed by atoms with van der Waals surface area (Å²) in [5.74, 6) is -1.52. The Morgan fingerprint density at radius 3 is 2.52 bits per heavy atom. The van der Waals surface area contributed by atoms with Crippen LogP contribution >= 0.6 is 11.8 Å². The number of halogens is 3. The highest BCUT2D eigenvalue weighted by molar-refractivity contribution is 7.98. The van der Waals surface area contributed by atoms with E-state index in [1.807, 2.05) is 0 Å². The molecule has 0 saturated carbocycles. The maximum Gasteiger partial charge on any atom is 0.454 e.